The van der Waals surface area contributed by atoms with Gasteiger partial charge in [-0.15, -0.1) is 0 Å². The Morgan fingerprint density at radius 3 is 2.58 bits per heavy atom. The summed E-state index contributed by atoms with van der Waals surface area (Å²) < 4.78 is 27.7. The van der Waals surface area contributed by atoms with Crippen molar-refractivity contribution in [3.05, 3.63) is 96.7 Å². The first-order valence-electron chi connectivity index (χ1n) is 11.1. The van der Waals surface area contributed by atoms with Crippen LogP contribution in [0.15, 0.2) is 73.4 Å². The largest absolute Gasteiger partial charge is 0.493 e. The molecule has 0 spiro atoms. The molecule has 0 saturated heterocycles. The molecule has 0 bridgehead atoms. The van der Waals surface area contributed by atoms with Crippen molar-refractivity contribution in [3.8, 4) is 11.5 Å². The van der Waals surface area contributed by atoms with Gasteiger partial charge in [0.15, 0.2) is 11.5 Å². The van der Waals surface area contributed by atoms with Gasteiger partial charge < -0.3 is 9.47 Å². The highest BCUT2D eigenvalue weighted by molar-refractivity contribution is 9.10. The number of hydrogen-bond acceptors (Lipinski definition) is 5. The van der Waals surface area contributed by atoms with Crippen LogP contribution in [-0.2, 0) is 12.0 Å². The second kappa shape index (κ2) is 10.5. The van der Waals surface area contributed by atoms with Crippen molar-refractivity contribution in [2.45, 2.75) is 32.8 Å². The molecule has 0 aliphatic carbocycles. The fraction of sp³-hybridized carbons (Fsp3) is 0.222. The number of ether oxygens (including phenoxy) is 2. The predicted octanol–water partition coefficient (Wildman–Crippen LogP) is 6.83. The fourth-order valence-corrected chi connectivity index (χ4v) is 4.54. The summed E-state index contributed by atoms with van der Waals surface area (Å²) in [7, 11) is 1.53. The molecule has 3 aromatic carbocycles. The van der Waals surface area contributed by atoms with Crippen molar-refractivity contribution in [3.63, 3.8) is 0 Å². The number of fused-ring (bicyclic) bond motifs is 1. The quantitative estimate of drug-likeness (QED) is 0.223. The van der Waals surface area contributed by atoms with Gasteiger partial charge in [0, 0.05) is 9.89 Å². The van der Waals surface area contributed by atoms with Crippen molar-refractivity contribution >= 4 is 49.0 Å². The number of nitrogens with zero attached hydrogens (tertiary/aromatic N) is 3. The van der Waals surface area contributed by atoms with Crippen LogP contribution in [0.5, 0.6) is 11.5 Å². The average Bonchev–Trinajstić information content (AvgIpc) is 2.82. The van der Waals surface area contributed by atoms with E-state index in [-0.39, 0.29) is 18.0 Å². The standard InChI is InChI=1S/C27H24Br2FN3O3/c1-27(2,3)26-32-22-9-8-18(28)13-20(22)25(34)33(26)31-14-17-11-21(29)24(23(12-17)35-4)36-15-16-6-5-7-19(30)10-16/h5-14H,15H2,1-4H3. The monoisotopic (exact) mass is 615 g/mol. The normalized spacial score (nSPS) is 11.9. The van der Waals surface area contributed by atoms with E-state index in [0.29, 0.717) is 43.8 Å². The van der Waals surface area contributed by atoms with E-state index < -0.39 is 5.41 Å². The van der Waals surface area contributed by atoms with Gasteiger partial charge in [-0.05, 0) is 69.5 Å². The van der Waals surface area contributed by atoms with Crippen LogP contribution in [-0.4, -0.2) is 23.0 Å². The van der Waals surface area contributed by atoms with Crippen molar-refractivity contribution < 1.29 is 13.9 Å². The van der Waals surface area contributed by atoms with Gasteiger partial charge in [-0.3, -0.25) is 4.79 Å². The van der Waals surface area contributed by atoms with E-state index in [1.54, 1.807) is 36.5 Å². The van der Waals surface area contributed by atoms with Crippen molar-refractivity contribution in [1.82, 2.24) is 9.66 Å². The van der Waals surface area contributed by atoms with E-state index in [4.69, 9.17) is 14.5 Å². The minimum absolute atomic E-state index is 0.169. The lowest BCUT2D eigenvalue weighted by Gasteiger charge is -2.21. The molecule has 1 aromatic heterocycles. The molecule has 4 aromatic rings. The van der Waals surface area contributed by atoms with Gasteiger partial charge in [0.05, 0.1) is 28.7 Å². The topological polar surface area (TPSA) is 65.7 Å². The first-order valence-corrected chi connectivity index (χ1v) is 12.7. The Hall–Kier alpha value is -3.04. The Labute approximate surface area is 225 Å². The van der Waals surface area contributed by atoms with Gasteiger partial charge in [0.2, 0.25) is 0 Å². The highest BCUT2D eigenvalue weighted by atomic mass is 79.9. The molecular formula is C27H24Br2FN3O3. The maximum Gasteiger partial charge on any atom is 0.282 e. The summed E-state index contributed by atoms with van der Waals surface area (Å²) in [6.07, 6.45) is 1.58. The Bertz CT molecular complexity index is 1530. The van der Waals surface area contributed by atoms with Crippen LogP contribution >= 0.6 is 31.9 Å². The van der Waals surface area contributed by atoms with E-state index in [9.17, 15) is 9.18 Å². The fourth-order valence-electron chi connectivity index (χ4n) is 3.60. The smallest absolute Gasteiger partial charge is 0.282 e. The highest BCUT2D eigenvalue weighted by Crippen LogP contribution is 2.37. The van der Waals surface area contributed by atoms with Gasteiger partial charge in [0.25, 0.3) is 5.56 Å². The van der Waals surface area contributed by atoms with E-state index >= 15 is 0 Å². The molecule has 0 aliphatic heterocycles. The Kier molecular flexibility index (Phi) is 7.61. The van der Waals surface area contributed by atoms with E-state index in [0.717, 1.165) is 4.47 Å². The van der Waals surface area contributed by atoms with Crippen LogP contribution in [0.1, 0.15) is 37.7 Å². The zero-order valence-electron chi connectivity index (χ0n) is 20.2. The summed E-state index contributed by atoms with van der Waals surface area (Å²) in [5, 5.41) is 4.98. The van der Waals surface area contributed by atoms with Crippen LogP contribution < -0.4 is 15.0 Å². The molecule has 186 valence electrons. The summed E-state index contributed by atoms with van der Waals surface area (Å²) >= 11 is 6.95. The highest BCUT2D eigenvalue weighted by Gasteiger charge is 2.23. The maximum atomic E-state index is 13.5. The van der Waals surface area contributed by atoms with Crippen LogP contribution in [0.3, 0.4) is 0 Å². The van der Waals surface area contributed by atoms with Gasteiger partial charge in [-0.2, -0.15) is 9.78 Å². The average molecular weight is 617 g/mol. The summed E-state index contributed by atoms with van der Waals surface area (Å²) in [4.78, 5) is 18.1. The molecule has 4 rings (SSSR count). The van der Waals surface area contributed by atoms with Gasteiger partial charge in [0.1, 0.15) is 18.2 Å². The third-order valence-corrected chi connectivity index (χ3v) is 6.41. The first-order chi connectivity index (χ1) is 17.1. The van der Waals surface area contributed by atoms with Crippen molar-refractivity contribution in [1.29, 1.82) is 0 Å². The SMILES string of the molecule is COc1cc(C=Nn2c(C(C)(C)C)nc3ccc(Br)cc3c2=O)cc(Br)c1OCc1cccc(F)c1. The Balaban J connectivity index is 1.71. The second-order valence-electron chi connectivity index (χ2n) is 9.16. The zero-order valence-corrected chi connectivity index (χ0v) is 23.4. The van der Waals surface area contributed by atoms with E-state index in [2.05, 4.69) is 37.0 Å². The molecular weight excluding hydrogens is 593 g/mol. The molecule has 1 heterocycles. The molecule has 0 atom stereocenters. The maximum absolute atomic E-state index is 13.5. The molecule has 0 unspecified atom stereocenters. The van der Waals surface area contributed by atoms with Gasteiger partial charge in [-0.1, -0.05) is 48.8 Å². The first kappa shape index (κ1) is 26.0. The zero-order chi connectivity index (χ0) is 26.0. The second-order valence-corrected chi connectivity index (χ2v) is 10.9. The Morgan fingerprint density at radius 2 is 1.89 bits per heavy atom. The van der Waals surface area contributed by atoms with Crippen LogP contribution in [0.4, 0.5) is 4.39 Å². The summed E-state index contributed by atoms with van der Waals surface area (Å²) in [6, 6.07) is 15.2. The molecule has 0 N–H and O–H groups in total. The minimum atomic E-state index is -0.426. The number of halogens is 3. The lowest BCUT2D eigenvalue weighted by atomic mass is 9.95. The number of benzene rings is 3. The molecule has 0 aliphatic rings. The van der Waals surface area contributed by atoms with Crippen LogP contribution in [0.25, 0.3) is 10.9 Å². The molecule has 6 nitrogen and oxygen atoms in total. The number of methoxy groups -OCH3 is 1. The summed E-state index contributed by atoms with van der Waals surface area (Å²) in [5.41, 5.74) is 1.30. The van der Waals surface area contributed by atoms with Crippen molar-refractivity contribution in [2.75, 3.05) is 7.11 Å². The summed E-state index contributed by atoms with van der Waals surface area (Å²) in [5.74, 6) is 1.16. The predicted molar refractivity (Wildman–Crippen MR) is 147 cm³/mol. The Morgan fingerprint density at radius 1 is 1.11 bits per heavy atom. The van der Waals surface area contributed by atoms with Gasteiger partial charge >= 0.3 is 0 Å². The third kappa shape index (κ3) is 5.68. The van der Waals surface area contributed by atoms with Crippen LogP contribution in [0.2, 0.25) is 0 Å². The number of hydrogen-bond donors (Lipinski definition) is 0. The lowest BCUT2D eigenvalue weighted by Crippen LogP contribution is -2.29. The third-order valence-electron chi connectivity index (χ3n) is 5.33. The molecule has 36 heavy (non-hydrogen) atoms. The van der Waals surface area contributed by atoms with Gasteiger partial charge in [-0.25, -0.2) is 9.37 Å². The molecule has 0 fully saturated rings. The summed E-state index contributed by atoms with van der Waals surface area (Å²) in [6.45, 7) is 6.12. The molecule has 0 radical (unpaired) electrons. The molecule has 0 saturated carbocycles. The van der Waals surface area contributed by atoms with Crippen molar-refractivity contribution in [2.24, 2.45) is 5.10 Å². The minimum Gasteiger partial charge on any atom is -0.493 e. The number of aromatic nitrogens is 2. The van der Waals surface area contributed by atoms with E-state index in [1.807, 2.05) is 32.9 Å². The number of rotatable bonds is 6. The van der Waals surface area contributed by atoms with Crippen LogP contribution in [0, 0.1) is 5.82 Å². The molecule has 9 heteroatoms. The van der Waals surface area contributed by atoms with E-state index in [1.165, 1.54) is 23.9 Å². The molecule has 0 amide bonds. The lowest BCUT2D eigenvalue weighted by molar-refractivity contribution is 0.282.